The van der Waals surface area contributed by atoms with E-state index in [9.17, 15) is 0 Å². The summed E-state index contributed by atoms with van der Waals surface area (Å²) in [5, 5.41) is 3.47. The van der Waals surface area contributed by atoms with Crippen LogP contribution in [0.2, 0.25) is 0 Å². The number of hydrogen-bond donors (Lipinski definition) is 1. The summed E-state index contributed by atoms with van der Waals surface area (Å²) in [5.41, 5.74) is 0.326. The van der Waals surface area contributed by atoms with Crippen LogP contribution in [-0.4, -0.2) is 36.1 Å². The van der Waals surface area contributed by atoms with Crippen LogP contribution in [-0.2, 0) is 0 Å². The van der Waals surface area contributed by atoms with E-state index in [-0.39, 0.29) is 0 Å². The molecule has 0 aromatic heterocycles. The average molecular weight is 198 g/mol. The molecule has 1 aliphatic rings. The molecule has 14 heavy (non-hydrogen) atoms. The SMILES string of the molecule is CC(C)CC(C)N1CCNCC1(C)C. The summed E-state index contributed by atoms with van der Waals surface area (Å²) in [6.07, 6.45) is 1.31. The van der Waals surface area contributed by atoms with Gasteiger partial charge in [0.2, 0.25) is 0 Å². The maximum absolute atomic E-state index is 3.47. The van der Waals surface area contributed by atoms with Crippen molar-refractivity contribution >= 4 is 0 Å². The molecule has 0 amide bonds. The van der Waals surface area contributed by atoms with Crippen molar-refractivity contribution in [3.63, 3.8) is 0 Å². The zero-order valence-electron chi connectivity index (χ0n) is 10.4. The summed E-state index contributed by atoms with van der Waals surface area (Å²) in [7, 11) is 0. The average Bonchev–Trinajstić information content (AvgIpc) is 2.01. The quantitative estimate of drug-likeness (QED) is 0.747. The Kier molecular flexibility index (Phi) is 3.96. The monoisotopic (exact) mass is 198 g/mol. The van der Waals surface area contributed by atoms with E-state index in [4.69, 9.17) is 0 Å². The first-order valence-electron chi connectivity index (χ1n) is 5.91. The summed E-state index contributed by atoms with van der Waals surface area (Å²) in [4.78, 5) is 2.66. The lowest BCUT2D eigenvalue weighted by atomic mass is 9.94. The third-order valence-corrected chi connectivity index (χ3v) is 3.21. The van der Waals surface area contributed by atoms with E-state index in [1.165, 1.54) is 13.0 Å². The highest BCUT2D eigenvalue weighted by molar-refractivity contribution is 4.91. The van der Waals surface area contributed by atoms with Gasteiger partial charge < -0.3 is 5.32 Å². The van der Waals surface area contributed by atoms with Crippen molar-refractivity contribution in [2.75, 3.05) is 19.6 Å². The fourth-order valence-electron chi connectivity index (χ4n) is 2.62. The van der Waals surface area contributed by atoms with E-state index >= 15 is 0 Å². The van der Waals surface area contributed by atoms with Gasteiger partial charge in [0.25, 0.3) is 0 Å². The maximum Gasteiger partial charge on any atom is 0.0281 e. The molecular formula is C12H26N2. The molecule has 1 saturated heterocycles. The molecule has 0 aromatic rings. The normalized spacial score (nSPS) is 25.3. The fourth-order valence-corrected chi connectivity index (χ4v) is 2.62. The predicted molar refractivity (Wildman–Crippen MR) is 62.6 cm³/mol. The van der Waals surface area contributed by atoms with Crippen LogP contribution in [0.1, 0.15) is 41.0 Å². The molecule has 84 valence electrons. The molecule has 0 aromatic carbocycles. The van der Waals surface area contributed by atoms with Crippen molar-refractivity contribution in [1.82, 2.24) is 10.2 Å². The summed E-state index contributed by atoms with van der Waals surface area (Å²) < 4.78 is 0. The van der Waals surface area contributed by atoms with E-state index < -0.39 is 0 Å². The molecular weight excluding hydrogens is 172 g/mol. The van der Waals surface area contributed by atoms with E-state index in [0.29, 0.717) is 11.6 Å². The van der Waals surface area contributed by atoms with Gasteiger partial charge in [-0.3, -0.25) is 4.90 Å². The second kappa shape index (κ2) is 4.63. The second-order valence-corrected chi connectivity index (χ2v) is 5.66. The second-order valence-electron chi connectivity index (χ2n) is 5.66. The lowest BCUT2D eigenvalue weighted by Crippen LogP contribution is -2.60. The maximum atomic E-state index is 3.47. The Morgan fingerprint density at radius 2 is 1.93 bits per heavy atom. The molecule has 1 heterocycles. The molecule has 1 unspecified atom stereocenters. The Balaban J connectivity index is 2.55. The van der Waals surface area contributed by atoms with Crippen molar-refractivity contribution in [2.45, 2.75) is 52.6 Å². The number of nitrogens with zero attached hydrogens (tertiary/aromatic N) is 1. The Hall–Kier alpha value is -0.0800. The largest absolute Gasteiger partial charge is 0.314 e. The first-order chi connectivity index (χ1) is 6.43. The van der Waals surface area contributed by atoms with Crippen LogP contribution in [0.5, 0.6) is 0 Å². The minimum atomic E-state index is 0.326. The highest BCUT2D eigenvalue weighted by Crippen LogP contribution is 2.22. The molecule has 1 aliphatic heterocycles. The van der Waals surface area contributed by atoms with Crippen LogP contribution < -0.4 is 5.32 Å². The van der Waals surface area contributed by atoms with E-state index in [1.807, 2.05) is 0 Å². The lowest BCUT2D eigenvalue weighted by molar-refractivity contribution is 0.0437. The molecule has 0 spiro atoms. The van der Waals surface area contributed by atoms with Crippen LogP contribution in [0, 0.1) is 5.92 Å². The van der Waals surface area contributed by atoms with Gasteiger partial charge in [-0.1, -0.05) is 13.8 Å². The van der Waals surface area contributed by atoms with Crippen LogP contribution in [0.4, 0.5) is 0 Å². The van der Waals surface area contributed by atoms with E-state index in [1.54, 1.807) is 0 Å². The Morgan fingerprint density at radius 3 is 2.43 bits per heavy atom. The fraction of sp³-hybridized carbons (Fsp3) is 1.00. The predicted octanol–water partition coefficient (Wildman–Crippen LogP) is 2.10. The summed E-state index contributed by atoms with van der Waals surface area (Å²) in [6, 6.07) is 0.715. The number of hydrogen-bond acceptors (Lipinski definition) is 2. The number of nitrogens with one attached hydrogen (secondary N) is 1. The van der Waals surface area contributed by atoms with Crippen molar-refractivity contribution in [3.8, 4) is 0 Å². The van der Waals surface area contributed by atoms with Crippen LogP contribution in [0.25, 0.3) is 0 Å². The smallest absolute Gasteiger partial charge is 0.0281 e. The van der Waals surface area contributed by atoms with Gasteiger partial charge in [0, 0.05) is 31.2 Å². The zero-order chi connectivity index (χ0) is 10.8. The molecule has 2 heteroatoms. The number of piperazine rings is 1. The van der Waals surface area contributed by atoms with Gasteiger partial charge in [0.05, 0.1) is 0 Å². The van der Waals surface area contributed by atoms with E-state index in [0.717, 1.165) is 19.0 Å². The van der Waals surface area contributed by atoms with Crippen molar-refractivity contribution in [2.24, 2.45) is 5.92 Å². The Bertz CT molecular complexity index is 175. The minimum absolute atomic E-state index is 0.326. The van der Waals surface area contributed by atoms with Gasteiger partial charge in [-0.25, -0.2) is 0 Å². The van der Waals surface area contributed by atoms with Gasteiger partial charge in [-0.2, -0.15) is 0 Å². The van der Waals surface area contributed by atoms with Gasteiger partial charge in [0.1, 0.15) is 0 Å². The summed E-state index contributed by atoms with van der Waals surface area (Å²) in [5.74, 6) is 0.802. The molecule has 2 nitrogen and oxygen atoms in total. The van der Waals surface area contributed by atoms with Gasteiger partial charge in [0.15, 0.2) is 0 Å². The molecule has 1 rings (SSSR count). The molecule has 1 atom stereocenters. The van der Waals surface area contributed by atoms with Crippen LogP contribution in [0.3, 0.4) is 0 Å². The molecule has 1 fully saturated rings. The zero-order valence-corrected chi connectivity index (χ0v) is 10.4. The summed E-state index contributed by atoms with van der Waals surface area (Å²) >= 11 is 0. The molecule has 0 bridgehead atoms. The molecule has 0 saturated carbocycles. The molecule has 0 aliphatic carbocycles. The van der Waals surface area contributed by atoms with Crippen LogP contribution in [0.15, 0.2) is 0 Å². The van der Waals surface area contributed by atoms with Gasteiger partial charge >= 0.3 is 0 Å². The van der Waals surface area contributed by atoms with Gasteiger partial charge in [-0.15, -0.1) is 0 Å². The third-order valence-electron chi connectivity index (χ3n) is 3.21. The number of rotatable bonds is 3. The first-order valence-corrected chi connectivity index (χ1v) is 5.91. The molecule has 0 radical (unpaired) electrons. The third kappa shape index (κ3) is 2.96. The van der Waals surface area contributed by atoms with Gasteiger partial charge in [-0.05, 0) is 33.1 Å². The first kappa shape index (κ1) is 12.0. The molecule has 1 N–H and O–H groups in total. The highest BCUT2D eigenvalue weighted by atomic mass is 15.3. The van der Waals surface area contributed by atoms with Crippen molar-refractivity contribution in [1.29, 1.82) is 0 Å². The van der Waals surface area contributed by atoms with E-state index in [2.05, 4.69) is 44.8 Å². The van der Waals surface area contributed by atoms with Crippen molar-refractivity contribution in [3.05, 3.63) is 0 Å². The standard InChI is InChI=1S/C12H26N2/c1-10(2)8-11(3)14-7-6-13-9-12(14,4)5/h10-11,13H,6-9H2,1-5H3. The highest BCUT2D eigenvalue weighted by Gasteiger charge is 2.32. The topological polar surface area (TPSA) is 15.3 Å². The van der Waals surface area contributed by atoms with Crippen molar-refractivity contribution < 1.29 is 0 Å². The summed E-state index contributed by atoms with van der Waals surface area (Å²) in [6.45, 7) is 15.1. The lowest BCUT2D eigenvalue weighted by Gasteiger charge is -2.46. The minimum Gasteiger partial charge on any atom is -0.314 e. The Morgan fingerprint density at radius 1 is 1.29 bits per heavy atom. The Labute approximate surface area is 89.1 Å². The van der Waals surface area contributed by atoms with Crippen LogP contribution >= 0.6 is 0 Å².